The second-order valence-electron chi connectivity index (χ2n) is 3.43. The van der Waals surface area contributed by atoms with Crippen LogP contribution in [0.15, 0.2) is 12.2 Å². The first-order valence-corrected chi connectivity index (χ1v) is 11.4. The standard InChI is InChI=1S/C7H9Br2ClSi/c8-11(9,10)7-4-5-1-2-6(7)3-5/h1-2,5-7H,3-4H2. The molecule has 0 aromatic heterocycles. The first-order valence-electron chi connectivity index (χ1n) is 3.82. The molecule has 0 N–H and O–H groups in total. The number of hydrogen-bond donors (Lipinski definition) is 0. The van der Waals surface area contributed by atoms with Gasteiger partial charge in [0.25, 0.3) is 4.62 Å². The van der Waals surface area contributed by atoms with Crippen molar-refractivity contribution in [2.45, 2.75) is 18.4 Å². The van der Waals surface area contributed by atoms with Crippen LogP contribution in [0.5, 0.6) is 0 Å². The van der Waals surface area contributed by atoms with Gasteiger partial charge in [-0.3, -0.25) is 0 Å². The number of fused-ring (bicyclic) bond motifs is 2. The molecule has 0 aromatic rings. The summed E-state index contributed by atoms with van der Waals surface area (Å²) in [7, 11) is 0. The molecule has 4 heteroatoms. The van der Waals surface area contributed by atoms with Gasteiger partial charge in [-0.15, -0.1) is 11.1 Å². The van der Waals surface area contributed by atoms with E-state index in [9.17, 15) is 0 Å². The maximum atomic E-state index is 6.27. The van der Waals surface area contributed by atoms with E-state index in [-0.39, 0.29) is 0 Å². The van der Waals surface area contributed by atoms with Crippen LogP contribution in [-0.4, -0.2) is 4.62 Å². The van der Waals surface area contributed by atoms with Crippen molar-refractivity contribution in [2.24, 2.45) is 11.8 Å². The van der Waals surface area contributed by atoms with Gasteiger partial charge in [-0.25, -0.2) is 0 Å². The molecule has 11 heavy (non-hydrogen) atoms. The first kappa shape index (κ1) is 8.79. The van der Waals surface area contributed by atoms with Crippen molar-refractivity contribution in [3.63, 3.8) is 0 Å². The van der Waals surface area contributed by atoms with Crippen LogP contribution in [0.25, 0.3) is 0 Å². The normalized spacial score (nSPS) is 41.9. The zero-order chi connectivity index (χ0) is 8.06. The summed E-state index contributed by atoms with van der Waals surface area (Å²) in [5.74, 6) is 1.58. The molecular formula is C7H9Br2ClSi. The third kappa shape index (κ3) is 1.62. The van der Waals surface area contributed by atoms with Gasteiger partial charge in [-0.05, 0) is 30.2 Å². The molecule has 2 bridgehead atoms. The summed E-state index contributed by atoms with van der Waals surface area (Å²) in [6.07, 6.45) is 7.31. The molecule has 62 valence electrons. The predicted molar refractivity (Wildman–Crippen MR) is 58.6 cm³/mol. The van der Waals surface area contributed by atoms with Gasteiger partial charge in [0.05, 0.1) is 0 Å². The van der Waals surface area contributed by atoms with E-state index in [0.717, 1.165) is 11.8 Å². The van der Waals surface area contributed by atoms with Crippen molar-refractivity contribution in [3.05, 3.63) is 12.2 Å². The molecule has 1 fully saturated rings. The van der Waals surface area contributed by atoms with Crippen LogP contribution in [0.1, 0.15) is 12.8 Å². The van der Waals surface area contributed by atoms with Gasteiger partial charge in [0.1, 0.15) is 0 Å². The molecule has 3 atom stereocenters. The molecule has 0 heterocycles. The summed E-state index contributed by atoms with van der Waals surface area (Å²) in [5.41, 5.74) is 0.694. The predicted octanol–water partition coefficient (Wildman–Crippen LogP) is 3.92. The molecule has 2 rings (SSSR count). The second-order valence-corrected chi connectivity index (χ2v) is 20.5. The zero-order valence-corrected chi connectivity index (χ0v) is 10.9. The molecule has 0 saturated heterocycles. The van der Waals surface area contributed by atoms with E-state index >= 15 is 0 Å². The second kappa shape index (κ2) is 2.86. The highest BCUT2D eigenvalue weighted by Gasteiger charge is 2.47. The van der Waals surface area contributed by atoms with Crippen LogP contribution in [0.3, 0.4) is 0 Å². The lowest BCUT2D eigenvalue weighted by Gasteiger charge is -2.23. The number of rotatable bonds is 1. The van der Waals surface area contributed by atoms with Gasteiger partial charge in [0, 0.05) is 0 Å². The van der Waals surface area contributed by atoms with Gasteiger partial charge < -0.3 is 0 Å². The van der Waals surface area contributed by atoms with Crippen molar-refractivity contribution in [1.29, 1.82) is 0 Å². The highest BCUT2D eigenvalue weighted by molar-refractivity contribution is 9.53. The van der Waals surface area contributed by atoms with Crippen molar-refractivity contribution in [2.75, 3.05) is 0 Å². The van der Waals surface area contributed by atoms with Crippen molar-refractivity contribution in [3.8, 4) is 0 Å². The Bertz CT molecular complexity index is 199. The third-order valence-corrected chi connectivity index (χ3v) is 8.57. The Morgan fingerprint density at radius 2 is 2.00 bits per heavy atom. The smallest absolute Gasteiger partial charge is 0.137 e. The highest BCUT2D eigenvalue weighted by Crippen LogP contribution is 2.56. The van der Waals surface area contributed by atoms with Crippen LogP contribution in [0.2, 0.25) is 5.54 Å². The van der Waals surface area contributed by atoms with E-state index in [4.69, 9.17) is 11.1 Å². The SMILES string of the molecule is Cl[Si](Br)(Br)C1CC2C=CC1C2. The average molecular weight is 316 g/mol. The minimum Gasteiger partial charge on any atom is -0.137 e. The Hall–Kier alpha value is 1.21. The van der Waals surface area contributed by atoms with Crippen LogP contribution in [-0.2, 0) is 0 Å². The summed E-state index contributed by atoms with van der Waals surface area (Å²) < 4.78 is -1.73. The fourth-order valence-electron chi connectivity index (χ4n) is 2.16. The summed E-state index contributed by atoms with van der Waals surface area (Å²) in [6, 6.07) is 0. The van der Waals surface area contributed by atoms with Gasteiger partial charge in [-0.1, -0.05) is 42.7 Å². The number of allylic oxidation sites excluding steroid dienone is 2. The summed E-state index contributed by atoms with van der Waals surface area (Å²) in [4.78, 5) is 0. The lowest BCUT2D eigenvalue weighted by atomic mass is 10.1. The van der Waals surface area contributed by atoms with E-state index in [0.29, 0.717) is 5.54 Å². The molecule has 3 unspecified atom stereocenters. The Morgan fingerprint density at radius 1 is 1.27 bits per heavy atom. The zero-order valence-electron chi connectivity index (χ0n) is 5.93. The molecule has 0 amide bonds. The molecule has 0 aliphatic heterocycles. The van der Waals surface area contributed by atoms with Gasteiger partial charge in [0.2, 0.25) is 0 Å². The maximum absolute atomic E-state index is 6.27. The molecule has 0 aromatic carbocycles. The topological polar surface area (TPSA) is 0 Å². The quantitative estimate of drug-likeness (QED) is 0.391. The van der Waals surface area contributed by atoms with Crippen molar-refractivity contribution >= 4 is 46.3 Å². The van der Waals surface area contributed by atoms with E-state index < -0.39 is 4.62 Å². The van der Waals surface area contributed by atoms with Gasteiger partial charge in [-0.2, -0.15) is 0 Å². The molecule has 0 nitrogen and oxygen atoms in total. The van der Waals surface area contributed by atoms with Crippen LogP contribution in [0, 0.1) is 11.8 Å². The maximum Gasteiger partial charge on any atom is 0.295 e. The van der Waals surface area contributed by atoms with Gasteiger partial charge >= 0.3 is 0 Å². The molecular weight excluding hydrogens is 307 g/mol. The molecule has 0 radical (unpaired) electrons. The lowest BCUT2D eigenvalue weighted by molar-refractivity contribution is 0.690. The Labute approximate surface area is 88.3 Å². The third-order valence-electron chi connectivity index (χ3n) is 2.70. The van der Waals surface area contributed by atoms with Gasteiger partial charge in [0.15, 0.2) is 0 Å². The summed E-state index contributed by atoms with van der Waals surface area (Å²) in [6.45, 7) is 0. The molecule has 2 aliphatic rings. The fourth-order valence-corrected chi connectivity index (χ4v) is 7.37. The Kier molecular flexibility index (Phi) is 2.28. The number of hydrogen-bond acceptors (Lipinski definition) is 0. The average Bonchev–Trinajstić information content (AvgIpc) is 2.42. The molecule has 0 spiro atoms. The minimum atomic E-state index is -1.73. The minimum absolute atomic E-state index is 0.694. The first-order chi connectivity index (χ1) is 5.07. The van der Waals surface area contributed by atoms with Crippen LogP contribution in [0.4, 0.5) is 0 Å². The highest BCUT2D eigenvalue weighted by atomic mass is 79.9. The fraction of sp³-hybridized carbons (Fsp3) is 0.714. The van der Waals surface area contributed by atoms with Crippen LogP contribution >= 0.6 is 41.7 Å². The summed E-state index contributed by atoms with van der Waals surface area (Å²) in [5, 5.41) is 0. The lowest BCUT2D eigenvalue weighted by Crippen LogP contribution is -2.21. The van der Waals surface area contributed by atoms with E-state index in [1.807, 2.05) is 0 Å². The van der Waals surface area contributed by atoms with E-state index in [1.54, 1.807) is 0 Å². The number of halogens is 3. The van der Waals surface area contributed by atoms with Crippen molar-refractivity contribution in [1.82, 2.24) is 0 Å². The monoisotopic (exact) mass is 314 g/mol. The van der Waals surface area contributed by atoms with E-state index in [2.05, 4.69) is 42.7 Å². The Balaban J connectivity index is 2.15. The van der Waals surface area contributed by atoms with Crippen molar-refractivity contribution < 1.29 is 0 Å². The van der Waals surface area contributed by atoms with Crippen LogP contribution < -0.4 is 0 Å². The largest absolute Gasteiger partial charge is 0.295 e. The molecule has 2 aliphatic carbocycles. The van der Waals surface area contributed by atoms with E-state index in [1.165, 1.54) is 12.8 Å². The summed E-state index contributed by atoms with van der Waals surface area (Å²) >= 11 is 13.5. The Morgan fingerprint density at radius 3 is 2.27 bits per heavy atom. The molecule has 1 saturated carbocycles.